The lowest BCUT2D eigenvalue weighted by atomic mass is 9.85. The lowest BCUT2D eigenvalue weighted by Crippen LogP contribution is -2.63. The maximum atomic E-state index is 13.9. The monoisotopic (exact) mass is 534 g/mol. The van der Waals surface area contributed by atoms with Crippen LogP contribution in [-0.4, -0.2) is 70.6 Å². The van der Waals surface area contributed by atoms with Crippen LogP contribution in [0.1, 0.15) is 67.7 Å². The molecule has 1 unspecified atom stereocenters. The minimum absolute atomic E-state index is 0.0687. The molecule has 38 heavy (non-hydrogen) atoms. The number of rotatable bonds is 10. The first-order valence-electron chi connectivity index (χ1n) is 13.1. The zero-order valence-corrected chi connectivity index (χ0v) is 23.3. The second-order valence-corrected chi connectivity index (χ2v) is 13.2. The lowest BCUT2D eigenvalue weighted by Gasteiger charge is -2.38. The highest BCUT2D eigenvalue weighted by molar-refractivity contribution is 6.37. The Labute approximate surface area is 223 Å². The average Bonchev–Trinajstić information content (AvgIpc) is 3.62. The van der Waals surface area contributed by atoms with Crippen LogP contribution >= 0.6 is 0 Å². The number of hydrogen-bond donors (Lipinski definition) is 5. The molecular weight excluding hydrogens is 492 g/mol. The Hall–Kier alpha value is -3.18. The van der Waals surface area contributed by atoms with Gasteiger partial charge in [-0.3, -0.25) is 24.0 Å². The zero-order chi connectivity index (χ0) is 29.0. The normalized spacial score (nSPS) is 25.4. The molecule has 1 heterocycles. The van der Waals surface area contributed by atoms with Gasteiger partial charge in [0.05, 0.1) is 6.04 Å². The van der Waals surface area contributed by atoms with Crippen molar-refractivity contribution in [1.29, 1.82) is 0 Å². The molecule has 1 aliphatic heterocycles. The smallest absolute Gasteiger partial charge is 0.316 e. The largest absolute Gasteiger partial charge is 0.368 e. The Balaban J connectivity index is 1.83. The van der Waals surface area contributed by atoms with Crippen molar-refractivity contribution in [1.82, 2.24) is 20.9 Å². The van der Waals surface area contributed by atoms with Crippen molar-refractivity contribution < 1.29 is 28.8 Å². The molecule has 0 bridgehead atoms. The second-order valence-electron chi connectivity index (χ2n) is 13.2. The summed E-state index contributed by atoms with van der Waals surface area (Å²) in [4.78, 5) is 77.5. The summed E-state index contributed by atoms with van der Waals surface area (Å²) in [6.07, 6.45) is 2.16. The molecular formula is C26H42N6O6. The third-order valence-corrected chi connectivity index (χ3v) is 8.33. The molecule has 6 amide bonds. The number of piperidine rings is 1. The van der Waals surface area contributed by atoms with Crippen LogP contribution in [0.25, 0.3) is 0 Å². The Morgan fingerprint density at radius 1 is 0.974 bits per heavy atom. The van der Waals surface area contributed by atoms with Gasteiger partial charge in [-0.2, -0.15) is 0 Å². The third kappa shape index (κ3) is 5.94. The summed E-state index contributed by atoms with van der Waals surface area (Å²) in [5.41, 5.74) is 8.30. The summed E-state index contributed by atoms with van der Waals surface area (Å²) in [5.74, 6) is -3.49. The number of nitrogens with two attached hydrogens (primary N) is 2. The number of nitrogens with zero attached hydrogens (tertiary/aromatic N) is 1. The van der Waals surface area contributed by atoms with Crippen LogP contribution in [0, 0.1) is 28.6 Å². The molecule has 5 atom stereocenters. The Morgan fingerprint density at radius 3 is 2.03 bits per heavy atom. The molecule has 12 heteroatoms. The van der Waals surface area contributed by atoms with Crippen LogP contribution in [0.3, 0.4) is 0 Å². The van der Waals surface area contributed by atoms with Crippen LogP contribution in [0.5, 0.6) is 0 Å². The minimum Gasteiger partial charge on any atom is -0.368 e. The number of primary amides is 2. The van der Waals surface area contributed by atoms with E-state index in [0.717, 1.165) is 12.8 Å². The third-order valence-electron chi connectivity index (χ3n) is 8.33. The highest BCUT2D eigenvalue weighted by Crippen LogP contribution is 2.65. The summed E-state index contributed by atoms with van der Waals surface area (Å²) < 4.78 is 0. The molecule has 3 aliphatic rings. The number of hydrogen-bond acceptors (Lipinski definition) is 6. The van der Waals surface area contributed by atoms with Gasteiger partial charge in [0.25, 0.3) is 5.91 Å². The van der Waals surface area contributed by atoms with Crippen molar-refractivity contribution in [3.8, 4) is 0 Å². The van der Waals surface area contributed by atoms with Gasteiger partial charge < -0.3 is 32.3 Å². The van der Waals surface area contributed by atoms with Gasteiger partial charge in [-0.1, -0.05) is 47.5 Å². The fraction of sp³-hybridized carbons (Fsp3) is 0.769. The van der Waals surface area contributed by atoms with E-state index < -0.39 is 64.5 Å². The van der Waals surface area contributed by atoms with Gasteiger partial charge in [-0.25, -0.2) is 4.79 Å². The van der Waals surface area contributed by atoms with Gasteiger partial charge >= 0.3 is 6.03 Å². The topological polar surface area (TPSA) is 194 Å². The van der Waals surface area contributed by atoms with Gasteiger partial charge in [0.1, 0.15) is 17.6 Å². The molecule has 212 valence electrons. The number of fused-ring (bicyclic) bond motifs is 1. The van der Waals surface area contributed by atoms with Gasteiger partial charge in [-0.15, -0.1) is 0 Å². The summed E-state index contributed by atoms with van der Waals surface area (Å²) in [5, 5.41) is 7.87. The van der Waals surface area contributed by atoms with E-state index in [2.05, 4.69) is 16.0 Å². The summed E-state index contributed by atoms with van der Waals surface area (Å²) >= 11 is 0. The number of nitrogens with one attached hydrogen (secondary N) is 3. The van der Waals surface area contributed by atoms with E-state index >= 15 is 0 Å². The Kier molecular flexibility index (Phi) is 7.61. The number of carbonyl (C=O) groups is 6. The van der Waals surface area contributed by atoms with Crippen LogP contribution in [0.4, 0.5) is 4.79 Å². The van der Waals surface area contributed by atoms with Gasteiger partial charge in [0.2, 0.25) is 23.5 Å². The maximum Gasteiger partial charge on any atom is 0.316 e. The van der Waals surface area contributed by atoms with Crippen molar-refractivity contribution in [3.63, 3.8) is 0 Å². The molecule has 0 aromatic heterocycles. The predicted octanol–water partition coefficient (Wildman–Crippen LogP) is -0.213. The van der Waals surface area contributed by atoms with Crippen molar-refractivity contribution in [2.75, 3.05) is 6.54 Å². The molecule has 0 spiro atoms. The van der Waals surface area contributed by atoms with Crippen molar-refractivity contribution in [3.05, 3.63) is 0 Å². The molecule has 1 saturated heterocycles. The quantitative estimate of drug-likeness (QED) is 0.240. The molecule has 0 aromatic carbocycles. The second kappa shape index (κ2) is 9.85. The molecule has 0 aromatic rings. The zero-order valence-electron chi connectivity index (χ0n) is 23.3. The van der Waals surface area contributed by atoms with Crippen LogP contribution in [0.2, 0.25) is 0 Å². The number of carbonyl (C=O) groups excluding carboxylic acids is 6. The Morgan fingerprint density at radius 2 is 1.55 bits per heavy atom. The first-order chi connectivity index (χ1) is 17.3. The minimum atomic E-state index is -1.35. The van der Waals surface area contributed by atoms with E-state index in [1.54, 1.807) is 20.8 Å². The Bertz CT molecular complexity index is 1040. The number of ketones is 1. The molecule has 3 rings (SSSR count). The fourth-order valence-electron chi connectivity index (χ4n) is 5.49. The van der Waals surface area contributed by atoms with Crippen molar-refractivity contribution in [2.45, 2.75) is 91.4 Å². The number of Topliss-reactive ketones (excluding diaryl/α,β-unsaturated/α-hetero) is 1. The number of likely N-dealkylation sites (tertiary alicyclic amines) is 1. The van der Waals surface area contributed by atoms with Crippen LogP contribution in [-0.2, 0) is 24.0 Å². The standard InChI is InChI=1S/C26H42N6O6/c1-24(2,3)18(30-23(38)31-26(6,7)22(28)37)21(36)32-11-13-15(25(13,4)5)16(32)20(35)29-14(10-12-8-9-12)17(33)19(27)34/h12-16,18H,8-11H2,1-7H3,(H2,27,34)(H2,28,37)(H,29,35)(H2,30,31,38)/t13-,14?,15-,16-,18+/m0/s1. The van der Waals surface area contributed by atoms with Crippen molar-refractivity contribution >= 4 is 35.4 Å². The van der Waals surface area contributed by atoms with E-state index in [4.69, 9.17) is 11.5 Å². The van der Waals surface area contributed by atoms with E-state index in [0.29, 0.717) is 13.0 Å². The molecule has 0 radical (unpaired) electrons. The first kappa shape index (κ1) is 29.4. The molecule has 2 saturated carbocycles. The summed E-state index contributed by atoms with van der Waals surface area (Å²) in [6.45, 7) is 12.6. The molecule has 2 aliphatic carbocycles. The molecule has 3 fully saturated rings. The highest BCUT2D eigenvalue weighted by Gasteiger charge is 2.70. The van der Waals surface area contributed by atoms with Gasteiger partial charge in [-0.05, 0) is 48.9 Å². The first-order valence-corrected chi connectivity index (χ1v) is 13.1. The van der Waals surface area contributed by atoms with Gasteiger partial charge in [0.15, 0.2) is 0 Å². The van der Waals surface area contributed by atoms with E-state index in [9.17, 15) is 28.8 Å². The number of amides is 6. The fourth-order valence-corrected chi connectivity index (χ4v) is 5.49. The van der Waals surface area contributed by atoms with Gasteiger partial charge in [0, 0.05) is 6.54 Å². The SMILES string of the molecule is CC(C)(NC(=O)N[C@H](C(=O)N1C[C@H]2[C@@H]([C@H]1C(=O)NC(CC1CC1)C(=O)C(N)=O)C2(C)C)C(C)(C)C)C(N)=O. The maximum absolute atomic E-state index is 13.9. The predicted molar refractivity (Wildman–Crippen MR) is 138 cm³/mol. The lowest BCUT2D eigenvalue weighted by molar-refractivity contribution is -0.145. The van der Waals surface area contributed by atoms with Crippen LogP contribution < -0.4 is 27.4 Å². The number of urea groups is 1. The van der Waals surface area contributed by atoms with E-state index in [1.165, 1.54) is 18.7 Å². The molecule has 12 nitrogen and oxygen atoms in total. The van der Waals surface area contributed by atoms with E-state index in [-0.39, 0.29) is 23.2 Å². The van der Waals surface area contributed by atoms with Crippen LogP contribution in [0.15, 0.2) is 0 Å². The summed E-state index contributed by atoms with van der Waals surface area (Å²) in [6, 6.07) is -3.69. The average molecular weight is 535 g/mol. The molecule has 7 N–H and O–H groups in total. The highest BCUT2D eigenvalue weighted by atomic mass is 16.2. The van der Waals surface area contributed by atoms with Crippen molar-refractivity contribution in [2.24, 2.45) is 40.1 Å². The van der Waals surface area contributed by atoms with E-state index in [1.807, 2.05) is 13.8 Å². The summed E-state index contributed by atoms with van der Waals surface area (Å²) in [7, 11) is 0.